The van der Waals surface area contributed by atoms with Crippen molar-refractivity contribution in [1.29, 1.82) is 5.26 Å². The molecule has 6 heteroatoms. The van der Waals surface area contributed by atoms with Gasteiger partial charge in [-0.2, -0.15) is 5.26 Å². The van der Waals surface area contributed by atoms with Gasteiger partial charge in [-0.25, -0.2) is 0 Å². The van der Waals surface area contributed by atoms with E-state index in [4.69, 9.17) is 21.6 Å². The van der Waals surface area contributed by atoms with Gasteiger partial charge in [0.15, 0.2) is 6.61 Å². The highest BCUT2D eigenvalue weighted by Gasteiger charge is 2.05. The highest BCUT2D eigenvalue weighted by Crippen LogP contribution is 2.21. The number of carbonyl (C=O) groups is 1. The zero-order chi connectivity index (χ0) is 15.9. The molecule has 4 nitrogen and oxygen atoms in total. The standard InChI is InChI=1S/C16H12BrClN2O2/c17-13-4-3-12(15(18)7-13)9-20-16(21)10-22-14-5-1-11(8-19)2-6-14/h1-7H,9-10H2,(H,20,21). The molecule has 0 unspecified atom stereocenters. The summed E-state index contributed by atoms with van der Waals surface area (Å²) in [6.45, 7) is 0.238. The monoisotopic (exact) mass is 378 g/mol. The first-order valence-corrected chi connectivity index (χ1v) is 7.59. The minimum absolute atomic E-state index is 0.0972. The maximum atomic E-state index is 11.8. The molecule has 0 aliphatic heterocycles. The van der Waals surface area contributed by atoms with Gasteiger partial charge in [0, 0.05) is 16.0 Å². The Morgan fingerprint density at radius 3 is 2.64 bits per heavy atom. The molecule has 0 aliphatic rings. The Morgan fingerprint density at radius 1 is 1.27 bits per heavy atom. The first-order chi connectivity index (χ1) is 10.6. The second kappa shape index (κ2) is 7.83. The molecule has 0 atom stereocenters. The van der Waals surface area contributed by atoms with Crippen LogP contribution in [0.4, 0.5) is 0 Å². The minimum atomic E-state index is -0.247. The van der Waals surface area contributed by atoms with Crippen LogP contribution in [-0.4, -0.2) is 12.5 Å². The van der Waals surface area contributed by atoms with Crippen LogP contribution in [0.3, 0.4) is 0 Å². The lowest BCUT2D eigenvalue weighted by Gasteiger charge is -2.09. The number of carbonyl (C=O) groups excluding carboxylic acids is 1. The van der Waals surface area contributed by atoms with Crippen molar-refractivity contribution < 1.29 is 9.53 Å². The number of hydrogen-bond acceptors (Lipinski definition) is 3. The Balaban J connectivity index is 1.81. The van der Waals surface area contributed by atoms with Gasteiger partial charge in [-0.1, -0.05) is 33.6 Å². The van der Waals surface area contributed by atoms with Gasteiger partial charge in [0.2, 0.25) is 0 Å². The van der Waals surface area contributed by atoms with Gasteiger partial charge in [-0.15, -0.1) is 0 Å². The van der Waals surface area contributed by atoms with Crippen LogP contribution in [0, 0.1) is 11.3 Å². The van der Waals surface area contributed by atoms with E-state index in [0.29, 0.717) is 22.9 Å². The number of benzene rings is 2. The fourth-order valence-corrected chi connectivity index (χ4v) is 2.42. The molecule has 0 radical (unpaired) electrons. The zero-order valence-electron chi connectivity index (χ0n) is 11.5. The summed E-state index contributed by atoms with van der Waals surface area (Å²) in [6, 6.07) is 14.1. The van der Waals surface area contributed by atoms with Crippen molar-refractivity contribution in [2.75, 3.05) is 6.61 Å². The lowest BCUT2D eigenvalue weighted by Crippen LogP contribution is -2.28. The van der Waals surface area contributed by atoms with Crippen LogP contribution >= 0.6 is 27.5 Å². The fourth-order valence-electron chi connectivity index (χ4n) is 1.68. The van der Waals surface area contributed by atoms with Gasteiger partial charge >= 0.3 is 0 Å². The van der Waals surface area contributed by atoms with E-state index in [0.717, 1.165) is 10.0 Å². The summed E-state index contributed by atoms with van der Waals surface area (Å²) < 4.78 is 6.23. The molecule has 0 fully saturated rings. The summed E-state index contributed by atoms with van der Waals surface area (Å²) in [4.78, 5) is 11.8. The average molecular weight is 380 g/mol. The van der Waals surface area contributed by atoms with E-state index in [1.54, 1.807) is 30.3 Å². The van der Waals surface area contributed by atoms with Crippen LogP contribution in [-0.2, 0) is 11.3 Å². The van der Waals surface area contributed by atoms with Gasteiger partial charge in [0.25, 0.3) is 5.91 Å². The Morgan fingerprint density at radius 2 is 2.00 bits per heavy atom. The van der Waals surface area contributed by atoms with Crippen molar-refractivity contribution in [3.63, 3.8) is 0 Å². The highest BCUT2D eigenvalue weighted by molar-refractivity contribution is 9.10. The predicted octanol–water partition coefficient (Wildman–Crippen LogP) is 3.67. The van der Waals surface area contributed by atoms with Crippen molar-refractivity contribution in [2.45, 2.75) is 6.54 Å². The molecule has 2 aromatic carbocycles. The lowest BCUT2D eigenvalue weighted by atomic mass is 10.2. The van der Waals surface area contributed by atoms with Crippen LogP contribution in [0.25, 0.3) is 0 Å². The van der Waals surface area contributed by atoms with Gasteiger partial charge < -0.3 is 10.1 Å². The van der Waals surface area contributed by atoms with Crippen molar-refractivity contribution in [3.8, 4) is 11.8 Å². The molecule has 0 saturated heterocycles. The molecule has 112 valence electrons. The highest BCUT2D eigenvalue weighted by atomic mass is 79.9. The molecule has 2 aromatic rings. The minimum Gasteiger partial charge on any atom is -0.484 e. The van der Waals surface area contributed by atoms with Crippen LogP contribution in [0.15, 0.2) is 46.9 Å². The summed E-state index contributed by atoms with van der Waals surface area (Å²) in [5.41, 5.74) is 1.37. The topological polar surface area (TPSA) is 62.1 Å². The van der Waals surface area contributed by atoms with E-state index in [9.17, 15) is 4.79 Å². The lowest BCUT2D eigenvalue weighted by molar-refractivity contribution is -0.123. The number of nitrogens with zero attached hydrogens (tertiary/aromatic N) is 1. The van der Waals surface area contributed by atoms with E-state index in [1.807, 2.05) is 18.2 Å². The molecule has 22 heavy (non-hydrogen) atoms. The van der Waals surface area contributed by atoms with E-state index in [1.165, 1.54) is 0 Å². The SMILES string of the molecule is N#Cc1ccc(OCC(=O)NCc2ccc(Br)cc2Cl)cc1. The summed E-state index contributed by atoms with van der Waals surface area (Å²) in [5, 5.41) is 12.0. The fraction of sp³-hybridized carbons (Fsp3) is 0.125. The van der Waals surface area contributed by atoms with Gasteiger partial charge in [-0.3, -0.25) is 4.79 Å². The number of halogens is 2. The van der Waals surface area contributed by atoms with Crippen LogP contribution in [0.2, 0.25) is 5.02 Å². The third-order valence-electron chi connectivity index (χ3n) is 2.84. The van der Waals surface area contributed by atoms with Crippen LogP contribution < -0.4 is 10.1 Å². The summed E-state index contributed by atoms with van der Waals surface area (Å²) >= 11 is 9.40. The maximum absolute atomic E-state index is 11.8. The van der Waals surface area contributed by atoms with Crippen molar-refractivity contribution in [3.05, 3.63) is 63.1 Å². The van der Waals surface area contributed by atoms with Gasteiger partial charge in [0.1, 0.15) is 5.75 Å². The van der Waals surface area contributed by atoms with Crippen molar-refractivity contribution in [1.82, 2.24) is 5.32 Å². The third-order valence-corrected chi connectivity index (χ3v) is 3.69. The van der Waals surface area contributed by atoms with E-state index >= 15 is 0 Å². The van der Waals surface area contributed by atoms with E-state index < -0.39 is 0 Å². The van der Waals surface area contributed by atoms with Crippen LogP contribution in [0.1, 0.15) is 11.1 Å². The number of nitrogens with one attached hydrogen (secondary N) is 1. The van der Waals surface area contributed by atoms with Gasteiger partial charge in [-0.05, 0) is 42.0 Å². The normalized spacial score (nSPS) is 9.86. The second-order valence-corrected chi connectivity index (χ2v) is 5.76. The van der Waals surface area contributed by atoms with E-state index in [-0.39, 0.29) is 12.5 Å². The average Bonchev–Trinajstić information content (AvgIpc) is 2.52. The molecule has 2 rings (SSSR count). The third kappa shape index (κ3) is 4.76. The number of amides is 1. The van der Waals surface area contributed by atoms with E-state index in [2.05, 4.69) is 21.2 Å². The Hall–Kier alpha value is -2.03. The number of nitriles is 1. The summed E-state index contributed by atoms with van der Waals surface area (Å²) in [5.74, 6) is 0.291. The zero-order valence-corrected chi connectivity index (χ0v) is 13.8. The molecular weight excluding hydrogens is 368 g/mol. The Kier molecular flexibility index (Phi) is 5.82. The summed E-state index contributed by atoms with van der Waals surface area (Å²) in [7, 11) is 0. The molecule has 0 aromatic heterocycles. The summed E-state index contributed by atoms with van der Waals surface area (Å²) in [6.07, 6.45) is 0. The van der Waals surface area contributed by atoms with Gasteiger partial charge in [0.05, 0.1) is 11.6 Å². The largest absolute Gasteiger partial charge is 0.484 e. The predicted molar refractivity (Wildman–Crippen MR) is 87.7 cm³/mol. The maximum Gasteiger partial charge on any atom is 0.258 e. The molecule has 0 heterocycles. The van der Waals surface area contributed by atoms with Crippen molar-refractivity contribution >= 4 is 33.4 Å². The molecule has 0 bridgehead atoms. The molecule has 0 spiro atoms. The number of ether oxygens (including phenoxy) is 1. The quantitative estimate of drug-likeness (QED) is 0.862. The van der Waals surface area contributed by atoms with Crippen LogP contribution in [0.5, 0.6) is 5.75 Å². The molecule has 1 amide bonds. The first-order valence-electron chi connectivity index (χ1n) is 6.42. The molecular formula is C16H12BrClN2O2. The number of rotatable bonds is 5. The Bertz CT molecular complexity index is 711. The molecule has 1 N–H and O–H groups in total. The number of hydrogen-bond donors (Lipinski definition) is 1. The molecule has 0 saturated carbocycles. The Labute approximate surface area is 141 Å². The molecule has 0 aliphatic carbocycles. The van der Waals surface area contributed by atoms with Crippen molar-refractivity contribution in [2.24, 2.45) is 0 Å². The second-order valence-electron chi connectivity index (χ2n) is 4.44. The smallest absolute Gasteiger partial charge is 0.258 e. The first kappa shape index (κ1) is 16.3.